The topological polar surface area (TPSA) is 22.1 Å². The molecule has 0 N–H and O–H groups in total. The van der Waals surface area contributed by atoms with Gasteiger partial charge >= 0.3 is 0 Å². The molecule has 13 heavy (non-hydrogen) atoms. The van der Waals surface area contributed by atoms with Crippen LogP contribution in [-0.4, -0.2) is 12.1 Å². The zero-order valence-corrected chi connectivity index (χ0v) is 7.74. The van der Waals surface area contributed by atoms with Crippen LogP contribution in [0.4, 0.5) is 0 Å². The first-order valence-electron chi connectivity index (χ1n) is 4.21. The summed E-state index contributed by atoms with van der Waals surface area (Å²) in [6.45, 7) is 1.99. The monoisotopic (exact) mass is 173 g/mol. The van der Waals surface area contributed by atoms with Crippen LogP contribution in [-0.2, 0) is 0 Å². The van der Waals surface area contributed by atoms with E-state index in [1.165, 1.54) is 0 Å². The second kappa shape index (κ2) is 3.05. The van der Waals surface area contributed by atoms with Crippen molar-refractivity contribution < 1.29 is 4.74 Å². The Morgan fingerprint density at radius 3 is 2.77 bits per heavy atom. The van der Waals surface area contributed by atoms with Crippen LogP contribution in [0.5, 0.6) is 5.75 Å². The number of aromatic nitrogens is 1. The molecular formula is C11H11NO. The molecule has 0 atom stereocenters. The predicted molar refractivity (Wildman–Crippen MR) is 53.0 cm³/mol. The SMILES string of the molecule is COc1cccc2nc(C)ccc12. The molecule has 0 bridgehead atoms. The third-order valence-electron chi connectivity index (χ3n) is 2.05. The lowest BCUT2D eigenvalue weighted by atomic mass is 10.2. The van der Waals surface area contributed by atoms with E-state index in [9.17, 15) is 0 Å². The Labute approximate surface area is 77.2 Å². The molecule has 0 amide bonds. The fourth-order valence-electron chi connectivity index (χ4n) is 1.41. The normalized spacial score (nSPS) is 10.3. The molecule has 0 aliphatic carbocycles. The van der Waals surface area contributed by atoms with E-state index in [1.54, 1.807) is 7.11 Å². The lowest BCUT2D eigenvalue weighted by Crippen LogP contribution is -1.87. The molecule has 0 aliphatic heterocycles. The van der Waals surface area contributed by atoms with Crippen LogP contribution >= 0.6 is 0 Å². The Hall–Kier alpha value is -1.57. The van der Waals surface area contributed by atoms with Crippen LogP contribution in [0.2, 0.25) is 0 Å². The van der Waals surface area contributed by atoms with Gasteiger partial charge in [0.25, 0.3) is 0 Å². The summed E-state index contributed by atoms with van der Waals surface area (Å²) < 4.78 is 5.23. The summed E-state index contributed by atoms with van der Waals surface area (Å²) in [5.74, 6) is 0.880. The van der Waals surface area contributed by atoms with E-state index in [4.69, 9.17) is 4.74 Å². The molecule has 1 aromatic heterocycles. The molecule has 66 valence electrons. The molecular weight excluding hydrogens is 162 g/mol. The van der Waals surface area contributed by atoms with Gasteiger partial charge in [0, 0.05) is 11.1 Å². The molecule has 0 saturated heterocycles. The number of fused-ring (bicyclic) bond motifs is 1. The van der Waals surface area contributed by atoms with Crippen LogP contribution in [0.3, 0.4) is 0 Å². The lowest BCUT2D eigenvalue weighted by Gasteiger charge is -2.04. The number of methoxy groups -OCH3 is 1. The largest absolute Gasteiger partial charge is 0.496 e. The minimum absolute atomic E-state index is 0.880. The lowest BCUT2D eigenvalue weighted by molar-refractivity contribution is 0.420. The number of rotatable bonds is 1. The Morgan fingerprint density at radius 1 is 1.15 bits per heavy atom. The number of hydrogen-bond donors (Lipinski definition) is 0. The number of hydrogen-bond acceptors (Lipinski definition) is 2. The predicted octanol–water partition coefficient (Wildman–Crippen LogP) is 2.55. The van der Waals surface area contributed by atoms with Gasteiger partial charge in [-0.05, 0) is 31.2 Å². The average Bonchev–Trinajstić information content (AvgIpc) is 2.16. The second-order valence-electron chi connectivity index (χ2n) is 2.98. The van der Waals surface area contributed by atoms with E-state index in [1.807, 2.05) is 37.3 Å². The molecule has 0 radical (unpaired) electrons. The Kier molecular flexibility index (Phi) is 1.89. The van der Waals surface area contributed by atoms with Gasteiger partial charge in [-0.3, -0.25) is 4.98 Å². The summed E-state index contributed by atoms with van der Waals surface area (Å²) in [4.78, 5) is 4.40. The average molecular weight is 173 g/mol. The molecule has 0 fully saturated rings. The first-order valence-corrected chi connectivity index (χ1v) is 4.21. The zero-order valence-electron chi connectivity index (χ0n) is 7.74. The van der Waals surface area contributed by atoms with Gasteiger partial charge in [0.15, 0.2) is 0 Å². The van der Waals surface area contributed by atoms with Crippen LogP contribution in [0.25, 0.3) is 10.9 Å². The molecule has 2 rings (SSSR count). The molecule has 1 aromatic carbocycles. The fourth-order valence-corrected chi connectivity index (χ4v) is 1.41. The van der Waals surface area contributed by atoms with E-state index in [0.717, 1.165) is 22.3 Å². The Bertz CT molecular complexity index is 437. The van der Waals surface area contributed by atoms with E-state index >= 15 is 0 Å². The summed E-state index contributed by atoms with van der Waals surface area (Å²) in [5.41, 5.74) is 2.01. The number of aryl methyl sites for hydroxylation is 1. The van der Waals surface area contributed by atoms with E-state index < -0.39 is 0 Å². The van der Waals surface area contributed by atoms with Gasteiger partial charge in [0.05, 0.1) is 12.6 Å². The van der Waals surface area contributed by atoms with Crippen LogP contribution in [0, 0.1) is 6.92 Å². The fraction of sp³-hybridized carbons (Fsp3) is 0.182. The first-order chi connectivity index (χ1) is 6.31. The Morgan fingerprint density at radius 2 is 2.00 bits per heavy atom. The van der Waals surface area contributed by atoms with Gasteiger partial charge in [-0.25, -0.2) is 0 Å². The molecule has 1 heterocycles. The minimum Gasteiger partial charge on any atom is -0.496 e. The molecule has 2 aromatic rings. The van der Waals surface area contributed by atoms with Crippen molar-refractivity contribution in [3.63, 3.8) is 0 Å². The molecule has 0 aliphatic rings. The number of ether oxygens (including phenoxy) is 1. The van der Waals surface area contributed by atoms with Crippen molar-refractivity contribution in [1.29, 1.82) is 0 Å². The maximum Gasteiger partial charge on any atom is 0.128 e. The van der Waals surface area contributed by atoms with Crippen molar-refractivity contribution in [2.75, 3.05) is 7.11 Å². The molecule has 0 unspecified atom stereocenters. The van der Waals surface area contributed by atoms with Crippen LogP contribution in [0.1, 0.15) is 5.69 Å². The molecule has 0 saturated carbocycles. The van der Waals surface area contributed by atoms with Crippen LogP contribution in [0.15, 0.2) is 30.3 Å². The molecule has 0 spiro atoms. The van der Waals surface area contributed by atoms with Crippen molar-refractivity contribution >= 4 is 10.9 Å². The van der Waals surface area contributed by atoms with E-state index in [2.05, 4.69) is 4.98 Å². The number of benzene rings is 1. The first kappa shape index (κ1) is 8.05. The summed E-state index contributed by atoms with van der Waals surface area (Å²) in [6, 6.07) is 9.92. The standard InChI is InChI=1S/C11H11NO/c1-8-6-7-9-10(12-8)4-3-5-11(9)13-2/h3-7H,1-2H3. The molecule has 2 nitrogen and oxygen atoms in total. The van der Waals surface area contributed by atoms with Crippen molar-refractivity contribution in [3.05, 3.63) is 36.0 Å². The van der Waals surface area contributed by atoms with Crippen LogP contribution < -0.4 is 4.74 Å². The summed E-state index contributed by atoms with van der Waals surface area (Å²) in [7, 11) is 1.68. The van der Waals surface area contributed by atoms with Crippen molar-refractivity contribution in [3.8, 4) is 5.75 Å². The van der Waals surface area contributed by atoms with E-state index in [0.29, 0.717) is 0 Å². The highest BCUT2D eigenvalue weighted by Gasteiger charge is 2.00. The van der Waals surface area contributed by atoms with Gasteiger partial charge < -0.3 is 4.74 Å². The van der Waals surface area contributed by atoms with Crippen molar-refractivity contribution in [2.45, 2.75) is 6.92 Å². The highest BCUT2D eigenvalue weighted by molar-refractivity contribution is 5.85. The third kappa shape index (κ3) is 1.35. The van der Waals surface area contributed by atoms with Gasteiger partial charge in [0.1, 0.15) is 5.75 Å². The maximum atomic E-state index is 5.23. The van der Waals surface area contributed by atoms with Gasteiger partial charge in [-0.1, -0.05) is 6.07 Å². The van der Waals surface area contributed by atoms with Gasteiger partial charge in [-0.15, -0.1) is 0 Å². The van der Waals surface area contributed by atoms with Gasteiger partial charge in [0.2, 0.25) is 0 Å². The van der Waals surface area contributed by atoms with Crippen molar-refractivity contribution in [1.82, 2.24) is 4.98 Å². The highest BCUT2D eigenvalue weighted by atomic mass is 16.5. The van der Waals surface area contributed by atoms with Crippen molar-refractivity contribution in [2.24, 2.45) is 0 Å². The molecule has 2 heteroatoms. The van der Waals surface area contributed by atoms with E-state index in [-0.39, 0.29) is 0 Å². The zero-order chi connectivity index (χ0) is 9.26. The summed E-state index contributed by atoms with van der Waals surface area (Å²) in [5, 5.41) is 1.07. The number of nitrogens with zero attached hydrogens (tertiary/aromatic N) is 1. The summed E-state index contributed by atoms with van der Waals surface area (Å²) >= 11 is 0. The number of pyridine rings is 1. The summed E-state index contributed by atoms with van der Waals surface area (Å²) in [6.07, 6.45) is 0. The second-order valence-corrected chi connectivity index (χ2v) is 2.98. The smallest absolute Gasteiger partial charge is 0.128 e. The quantitative estimate of drug-likeness (QED) is 0.661. The minimum atomic E-state index is 0.880. The highest BCUT2D eigenvalue weighted by Crippen LogP contribution is 2.23. The maximum absolute atomic E-state index is 5.23. The van der Waals surface area contributed by atoms with Gasteiger partial charge in [-0.2, -0.15) is 0 Å². The Balaban J connectivity index is 2.77. The third-order valence-corrected chi connectivity index (χ3v) is 2.05.